The average Bonchev–Trinajstić information content (AvgIpc) is 2.93. The zero-order valence-corrected chi connectivity index (χ0v) is 16.2. The standard InChI is InChI=1S/C16H21ClN4O4S/c1-10(2)6-21-9-16-8-20(15(22)14-18-4-11(17)5-19-14)7-12(25-16)3-13(16)26(21,23)24/h4-5,10,12-13H,3,6-9H2,1-2H3/t12-,13+,16?/m1/s1. The summed E-state index contributed by atoms with van der Waals surface area (Å²) in [4.78, 5) is 22.4. The van der Waals surface area contributed by atoms with Gasteiger partial charge in [0, 0.05) is 32.0 Å². The van der Waals surface area contributed by atoms with Gasteiger partial charge in [0.15, 0.2) is 0 Å². The summed E-state index contributed by atoms with van der Waals surface area (Å²) in [6, 6.07) is 0. The molecular formula is C16H21ClN4O4S. The van der Waals surface area contributed by atoms with E-state index in [9.17, 15) is 13.2 Å². The van der Waals surface area contributed by atoms with Crippen molar-refractivity contribution in [3.05, 3.63) is 23.2 Å². The van der Waals surface area contributed by atoms with Gasteiger partial charge in [-0.1, -0.05) is 25.4 Å². The number of nitrogens with zero attached hydrogens (tertiary/aromatic N) is 4. The number of carbonyl (C=O) groups excluding carboxylic acids is 1. The average molecular weight is 401 g/mol. The maximum Gasteiger partial charge on any atom is 0.291 e. The second-order valence-electron chi connectivity index (χ2n) is 7.67. The highest BCUT2D eigenvalue weighted by Crippen LogP contribution is 2.46. The molecule has 1 unspecified atom stereocenters. The lowest BCUT2D eigenvalue weighted by Crippen LogP contribution is -2.56. The highest BCUT2D eigenvalue weighted by molar-refractivity contribution is 7.90. The van der Waals surface area contributed by atoms with Gasteiger partial charge in [-0.2, -0.15) is 4.31 Å². The Morgan fingerprint density at radius 1 is 1.38 bits per heavy atom. The third-order valence-corrected chi connectivity index (χ3v) is 7.71. The number of fused-ring (bicyclic) bond motifs is 1. The Hall–Kier alpha value is -1.29. The maximum absolute atomic E-state index is 12.9. The lowest BCUT2D eigenvalue weighted by atomic mass is 9.99. The minimum atomic E-state index is -3.42. The summed E-state index contributed by atoms with van der Waals surface area (Å²) in [6.07, 6.45) is 2.90. The van der Waals surface area contributed by atoms with Crippen LogP contribution in [0.3, 0.4) is 0 Å². The molecule has 4 heterocycles. The molecule has 142 valence electrons. The summed E-state index contributed by atoms with van der Waals surface area (Å²) in [5.74, 6) is -0.0437. The van der Waals surface area contributed by atoms with Gasteiger partial charge < -0.3 is 9.64 Å². The molecule has 8 nitrogen and oxygen atoms in total. The topological polar surface area (TPSA) is 92.7 Å². The van der Waals surface area contributed by atoms with Crippen LogP contribution in [0.15, 0.2) is 12.4 Å². The molecule has 26 heavy (non-hydrogen) atoms. The van der Waals surface area contributed by atoms with E-state index in [1.54, 1.807) is 4.90 Å². The predicted octanol–water partition coefficient (Wildman–Crippen LogP) is 0.783. The molecule has 4 rings (SSSR count). The molecule has 1 amide bonds. The van der Waals surface area contributed by atoms with Crippen molar-refractivity contribution in [2.45, 2.75) is 37.2 Å². The van der Waals surface area contributed by atoms with Crippen LogP contribution in [0.1, 0.15) is 30.9 Å². The van der Waals surface area contributed by atoms with Gasteiger partial charge >= 0.3 is 0 Å². The number of morpholine rings is 1. The van der Waals surface area contributed by atoms with Crippen LogP contribution in [0.5, 0.6) is 0 Å². The van der Waals surface area contributed by atoms with Crippen molar-refractivity contribution in [3.8, 4) is 0 Å². The predicted molar refractivity (Wildman–Crippen MR) is 94.3 cm³/mol. The molecule has 0 aromatic carbocycles. The number of hydrogen-bond acceptors (Lipinski definition) is 6. The molecular weight excluding hydrogens is 380 g/mol. The van der Waals surface area contributed by atoms with Crippen molar-refractivity contribution in [2.24, 2.45) is 5.92 Å². The second kappa shape index (κ2) is 6.12. The summed E-state index contributed by atoms with van der Waals surface area (Å²) in [7, 11) is -3.42. The van der Waals surface area contributed by atoms with E-state index in [0.717, 1.165) is 0 Å². The largest absolute Gasteiger partial charge is 0.365 e. The van der Waals surface area contributed by atoms with Crippen molar-refractivity contribution < 1.29 is 17.9 Å². The number of halogens is 1. The Morgan fingerprint density at radius 3 is 2.73 bits per heavy atom. The van der Waals surface area contributed by atoms with E-state index in [1.165, 1.54) is 16.7 Å². The molecule has 10 heteroatoms. The fourth-order valence-corrected chi connectivity index (χ4v) is 6.81. The summed E-state index contributed by atoms with van der Waals surface area (Å²) >= 11 is 5.78. The number of carbonyl (C=O) groups is 1. The SMILES string of the molecule is CC(C)CN1CC23CN(C(=O)c4ncc(Cl)cn4)C[C@@H](C[C@@H]2S1(=O)=O)O3. The van der Waals surface area contributed by atoms with Crippen LogP contribution in [-0.2, 0) is 14.8 Å². The number of amides is 1. The lowest BCUT2D eigenvalue weighted by molar-refractivity contribution is -0.0981. The molecule has 3 atom stereocenters. The molecule has 0 aliphatic carbocycles. The van der Waals surface area contributed by atoms with Gasteiger partial charge in [-0.15, -0.1) is 0 Å². The zero-order valence-electron chi connectivity index (χ0n) is 14.6. The summed E-state index contributed by atoms with van der Waals surface area (Å²) in [5, 5.41) is -0.240. The highest BCUT2D eigenvalue weighted by atomic mass is 35.5. The smallest absolute Gasteiger partial charge is 0.291 e. The van der Waals surface area contributed by atoms with Crippen molar-refractivity contribution in [2.75, 3.05) is 26.2 Å². The summed E-state index contributed by atoms with van der Waals surface area (Å²) in [5.41, 5.74) is -0.862. The second-order valence-corrected chi connectivity index (χ2v) is 10.2. The molecule has 0 radical (unpaired) electrons. The van der Waals surface area contributed by atoms with Crippen LogP contribution in [0.4, 0.5) is 0 Å². The Bertz CT molecular complexity index is 831. The number of likely N-dealkylation sites (tertiary alicyclic amines) is 1. The van der Waals surface area contributed by atoms with Gasteiger partial charge in [0.2, 0.25) is 15.8 Å². The lowest BCUT2D eigenvalue weighted by Gasteiger charge is -2.39. The fraction of sp³-hybridized carbons (Fsp3) is 0.688. The molecule has 3 saturated heterocycles. The van der Waals surface area contributed by atoms with E-state index >= 15 is 0 Å². The normalized spacial score (nSPS) is 32.8. The minimum Gasteiger partial charge on any atom is -0.365 e. The number of ether oxygens (including phenoxy) is 1. The number of aromatic nitrogens is 2. The van der Waals surface area contributed by atoms with Crippen molar-refractivity contribution in [1.82, 2.24) is 19.2 Å². The van der Waals surface area contributed by atoms with Gasteiger partial charge in [0.1, 0.15) is 10.9 Å². The summed E-state index contributed by atoms with van der Waals surface area (Å²) < 4.78 is 33.5. The Morgan fingerprint density at radius 2 is 2.08 bits per heavy atom. The van der Waals surface area contributed by atoms with E-state index in [2.05, 4.69) is 9.97 Å². The first kappa shape index (κ1) is 18.1. The Labute approximate surface area is 157 Å². The van der Waals surface area contributed by atoms with E-state index in [-0.39, 0.29) is 30.3 Å². The molecule has 3 fully saturated rings. The van der Waals surface area contributed by atoms with Crippen LogP contribution in [-0.4, -0.2) is 76.6 Å². The molecule has 3 aliphatic rings. The van der Waals surface area contributed by atoms with Crippen LogP contribution in [0, 0.1) is 5.92 Å². The Balaban J connectivity index is 1.60. The molecule has 1 spiro atoms. The molecule has 1 aromatic heterocycles. The first-order valence-electron chi connectivity index (χ1n) is 8.65. The van der Waals surface area contributed by atoms with Crippen LogP contribution in [0.25, 0.3) is 0 Å². The van der Waals surface area contributed by atoms with Gasteiger partial charge in [-0.05, 0) is 12.3 Å². The summed E-state index contributed by atoms with van der Waals surface area (Å²) in [6.45, 7) is 5.30. The molecule has 0 saturated carbocycles. The highest BCUT2D eigenvalue weighted by Gasteiger charge is 2.65. The minimum absolute atomic E-state index is 0.0588. The van der Waals surface area contributed by atoms with Gasteiger partial charge in [-0.25, -0.2) is 18.4 Å². The van der Waals surface area contributed by atoms with Crippen molar-refractivity contribution >= 4 is 27.5 Å². The fourth-order valence-electron chi connectivity index (χ4n) is 4.24. The van der Waals surface area contributed by atoms with E-state index in [0.29, 0.717) is 31.1 Å². The molecule has 0 N–H and O–H groups in total. The van der Waals surface area contributed by atoms with E-state index in [1.807, 2.05) is 13.8 Å². The van der Waals surface area contributed by atoms with Gasteiger partial charge in [0.25, 0.3) is 5.91 Å². The first-order valence-corrected chi connectivity index (χ1v) is 10.5. The maximum atomic E-state index is 12.9. The van der Waals surface area contributed by atoms with Crippen LogP contribution in [0.2, 0.25) is 5.02 Å². The zero-order chi connectivity index (χ0) is 18.7. The van der Waals surface area contributed by atoms with E-state index < -0.39 is 20.9 Å². The molecule has 3 aliphatic heterocycles. The van der Waals surface area contributed by atoms with Crippen molar-refractivity contribution in [3.63, 3.8) is 0 Å². The van der Waals surface area contributed by atoms with Crippen LogP contribution >= 0.6 is 11.6 Å². The number of rotatable bonds is 3. The van der Waals surface area contributed by atoms with Crippen molar-refractivity contribution in [1.29, 1.82) is 0 Å². The quantitative estimate of drug-likeness (QED) is 0.744. The third-order valence-electron chi connectivity index (χ3n) is 5.18. The monoisotopic (exact) mass is 400 g/mol. The Kier molecular flexibility index (Phi) is 4.26. The molecule has 2 bridgehead atoms. The van der Waals surface area contributed by atoms with Crippen LogP contribution < -0.4 is 0 Å². The first-order chi connectivity index (χ1) is 12.2. The third kappa shape index (κ3) is 2.81. The van der Waals surface area contributed by atoms with Gasteiger partial charge in [0.05, 0.1) is 17.7 Å². The van der Waals surface area contributed by atoms with Gasteiger partial charge in [-0.3, -0.25) is 4.79 Å². The van der Waals surface area contributed by atoms with E-state index in [4.69, 9.17) is 16.3 Å². The number of sulfonamides is 1. The number of hydrogen-bond donors (Lipinski definition) is 0. The molecule has 1 aromatic rings.